The van der Waals surface area contributed by atoms with E-state index in [4.69, 9.17) is 0 Å². The van der Waals surface area contributed by atoms with E-state index in [0.717, 1.165) is 41.0 Å². The summed E-state index contributed by atoms with van der Waals surface area (Å²) in [6.07, 6.45) is 6.68. The first-order valence-corrected chi connectivity index (χ1v) is 13.7. The number of unbranched alkanes of at least 4 members (excludes halogenated alkanes) is 1. The summed E-state index contributed by atoms with van der Waals surface area (Å²) in [5, 5.41) is 10.9. The number of nitro groups is 1. The minimum absolute atomic E-state index is 0.0141. The summed E-state index contributed by atoms with van der Waals surface area (Å²) in [5.74, 6) is -0.464. The van der Waals surface area contributed by atoms with Crippen LogP contribution in [0.15, 0.2) is 97.2 Å². The Morgan fingerprint density at radius 2 is 1.66 bits per heavy atom. The van der Waals surface area contributed by atoms with Gasteiger partial charge in [-0.25, -0.2) is 0 Å². The molecule has 0 spiro atoms. The van der Waals surface area contributed by atoms with Crippen LogP contribution in [0.25, 0.3) is 11.8 Å². The molecular formula is C33H32N4O4. The van der Waals surface area contributed by atoms with Crippen molar-refractivity contribution in [1.82, 2.24) is 9.47 Å². The van der Waals surface area contributed by atoms with Crippen molar-refractivity contribution in [2.24, 2.45) is 0 Å². The average molecular weight is 549 g/mol. The molecule has 0 radical (unpaired) electrons. The Balaban J connectivity index is 1.46. The second-order valence-corrected chi connectivity index (χ2v) is 10.2. The Hall–Kier alpha value is -4.98. The number of anilines is 1. The first kappa shape index (κ1) is 27.6. The molecule has 4 aromatic rings. The predicted octanol–water partition coefficient (Wildman–Crippen LogP) is 6.47. The molecule has 2 amide bonds. The standard InChI is InChI=1S/C33H32N4O4/c1-3-4-21-34(31(38)20-15-25-13-18-27(19-14-25)37(40)41)23-32(39)36-29-9-6-5-8-28(29)35-22-7-10-30(35)33(36)26-16-11-24(2)12-17-26/h5-20,22,33H,3-4,21,23H2,1-2H3. The molecule has 1 atom stereocenters. The van der Waals surface area contributed by atoms with Crippen LogP contribution in [0.5, 0.6) is 0 Å². The van der Waals surface area contributed by atoms with Crippen molar-refractivity contribution in [3.63, 3.8) is 0 Å². The van der Waals surface area contributed by atoms with Crippen LogP contribution in [0.3, 0.4) is 0 Å². The molecule has 2 heterocycles. The van der Waals surface area contributed by atoms with E-state index >= 15 is 0 Å². The highest BCUT2D eigenvalue weighted by Gasteiger charge is 2.36. The zero-order chi connectivity index (χ0) is 28.9. The van der Waals surface area contributed by atoms with Crippen molar-refractivity contribution in [3.8, 4) is 5.69 Å². The second-order valence-electron chi connectivity index (χ2n) is 10.2. The first-order chi connectivity index (χ1) is 19.9. The molecule has 41 heavy (non-hydrogen) atoms. The number of aromatic nitrogens is 1. The molecule has 0 saturated carbocycles. The molecule has 8 nitrogen and oxygen atoms in total. The number of aryl methyl sites for hydroxylation is 1. The van der Waals surface area contributed by atoms with Crippen LogP contribution >= 0.6 is 0 Å². The number of nitrogens with zero attached hydrogens (tertiary/aromatic N) is 4. The fourth-order valence-corrected chi connectivity index (χ4v) is 5.16. The lowest BCUT2D eigenvalue weighted by Gasteiger charge is -2.39. The van der Waals surface area contributed by atoms with E-state index in [0.29, 0.717) is 12.1 Å². The Bertz CT molecular complexity index is 1590. The van der Waals surface area contributed by atoms with Crippen molar-refractivity contribution in [1.29, 1.82) is 0 Å². The van der Waals surface area contributed by atoms with E-state index in [1.54, 1.807) is 23.1 Å². The zero-order valence-corrected chi connectivity index (χ0v) is 23.1. The Morgan fingerprint density at radius 1 is 0.951 bits per heavy atom. The van der Waals surface area contributed by atoms with Crippen molar-refractivity contribution >= 4 is 29.3 Å². The van der Waals surface area contributed by atoms with Crippen LogP contribution in [-0.4, -0.2) is 39.3 Å². The Labute approximate surface area is 239 Å². The molecule has 1 aliphatic rings. The maximum Gasteiger partial charge on any atom is 0.269 e. The highest BCUT2D eigenvalue weighted by atomic mass is 16.6. The number of rotatable bonds is 9. The maximum absolute atomic E-state index is 14.2. The van der Waals surface area contributed by atoms with Gasteiger partial charge in [0.15, 0.2) is 0 Å². The quantitative estimate of drug-likeness (QED) is 0.136. The van der Waals surface area contributed by atoms with Crippen molar-refractivity contribution in [2.45, 2.75) is 32.7 Å². The molecule has 0 aliphatic carbocycles. The summed E-state index contributed by atoms with van der Waals surface area (Å²) < 4.78 is 2.12. The summed E-state index contributed by atoms with van der Waals surface area (Å²) in [5.41, 5.74) is 5.45. The van der Waals surface area contributed by atoms with Gasteiger partial charge >= 0.3 is 0 Å². The molecule has 1 unspecified atom stereocenters. The lowest BCUT2D eigenvalue weighted by atomic mass is 9.97. The highest BCUT2D eigenvalue weighted by molar-refractivity contribution is 6.02. The van der Waals surface area contributed by atoms with Gasteiger partial charge in [-0.15, -0.1) is 0 Å². The molecule has 208 valence electrons. The number of fused-ring (bicyclic) bond motifs is 3. The molecule has 3 aromatic carbocycles. The normalized spacial score (nSPS) is 14.0. The van der Waals surface area contributed by atoms with E-state index in [1.807, 2.05) is 73.5 Å². The van der Waals surface area contributed by atoms with Crippen LogP contribution in [0.4, 0.5) is 11.4 Å². The molecule has 8 heteroatoms. The van der Waals surface area contributed by atoms with Gasteiger partial charge in [0.05, 0.1) is 22.0 Å². The first-order valence-electron chi connectivity index (χ1n) is 13.7. The molecular weight excluding hydrogens is 516 g/mol. The minimum atomic E-state index is -0.462. The van der Waals surface area contributed by atoms with Crippen LogP contribution in [0.1, 0.15) is 48.2 Å². The topological polar surface area (TPSA) is 88.7 Å². The largest absolute Gasteiger partial charge is 0.330 e. The molecule has 0 N–H and O–H groups in total. The van der Waals surface area contributed by atoms with Gasteiger partial charge in [-0.05, 0) is 66.9 Å². The third-order valence-corrected chi connectivity index (χ3v) is 7.32. The highest BCUT2D eigenvalue weighted by Crippen LogP contribution is 2.42. The number of carbonyl (C=O) groups excluding carboxylic acids is 2. The van der Waals surface area contributed by atoms with E-state index in [1.165, 1.54) is 18.2 Å². The van der Waals surface area contributed by atoms with Gasteiger partial charge in [-0.2, -0.15) is 0 Å². The number of carbonyl (C=O) groups is 2. The number of para-hydroxylation sites is 2. The van der Waals surface area contributed by atoms with Crippen LogP contribution < -0.4 is 4.90 Å². The van der Waals surface area contributed by atoms with E-state index in [2.05, 4.69) is 16.7 Å². The van der Waals surface area contributed by atoms with Gasteiger partial charge in [0.1, 0.15) is 12.6 Å². The zero-order valence-electron chi connectivity index (χ0n) is 23.1. The smallest absolute Gasteiger partial charge is 0.269 e. The van der Waals surface area contributed by atoms with Gasteiger partial charge in [0.25, 0.3) is 5.69 Å². The number of hydrogen-bond donors (Lipinski definition) is 0. The number of nitro benzene ring substituents is 1. The summed E-state index contributed by atoms with van der Waals surface area (Å²) in [7, 11) is 0. The van der Waals surface area contributed by atoms with Gasteiger partial charge in [-0.3, -0.25) is 24.6 Å². The fourth-order valence-electron chi connectivity index (χ4n) is 5.16. The molecule has 0 fully saturated rings. The SMILES string of the molecule is CCCCN(CC(=O)N1c2ccccc2-n2cccc2C1c1ccc(C)cc1)C(=O)C=Cc1ccc([N+](=O)[O-])cc1. The average Bonchev–Trinajstić information content (AvgIpc) is 3.48. The molecule has 0 bridgehead atoms. The maximum atomic E-state index is 14.2. The molecule has 5 rings (SSSR count). The van der Waals surface area contributed by atoms with Crippen molar-refractivity contribution < 1.29 is 14.5 Å². The molecule has 0 saturated heterocycles. The Morgan fingerprint density at radius 3 is 2.34 bits per heavy atom. The van der Waals surface area contributed by atoms with E-state index in [9.17, 15) is 19.7 Å². The van der Waals surface area contributed by atoms with E-state index < -0.39 is 4.92 Å². The summed E-state index contributed by atoms with van der Waals surface area (Å²) in [6.45, 7) is 4.43. The third-order valence-electron chi connectivity index (χ3n) is 7.32. The van der Waals surface area contributed by atoms with Crippen molar-refractivity contribution in [3.05, 3.63) is 130 Å². The van der Waals surface area contributed by atoms with Crippen LogP contribution in [0.2, 0.25) is 0 Å². The summed E-state index contributed by atoms with van der Waals surface area (Å²) >= 11 is 0. The lowest BCUT2D eigenvalue weighted by Crippen LogP contribution is -2.46. The molecule has 1 aliphatic heterocycles. The summed E-state index contributed by atoms with van der Waals surface area (Å²) in [4.78, 5) is 41.5. The third kappa shape index (κ3) is 5.82. The Kier molecular flexibility index (Phi) is 8.10. The van der Waals surface area contributed by atoms with Crippen LogP contribution in [-0.2, 0) is 9.59 Å². The van der Waals surface area contributed by atoms with E-state index in [-0.39, 0.29) is 30.1 Å². The number of benzene rings is 3. The second kappa shape index (κ2) is 12.0. The number of amides is 2. The summed E-state index contributed by atoms with van der Waals surface area (Å²) in [6, 6.07) is 25.7. The molecule has 1 aromatic heterocycles. The predicted molar refractivity (Wildman–Crippen MR) is 160 cm³/mol. The van der Waals surface area contributed by atoms with Crippen LogP contribution in [0, 0.1) is 17.0 Å². The van der Waals surface area contributed by atoms with Gasteiger partial charge < -0.3 is 9.47 Å². The van der Waals surface area contributed by atoms with Gasteiger partial charge in [-0.1, -0.05) is 55.3 Å². The number of non-ortho nitro benzene ring substituents is 1. The number of hydrogen-bond acceptors (Lipinski definition) is 4. The van der Waals surface area contributed by atoms with Gasteiger partial charge in [0.2, 0.25) is 11.8 Å². The lowest BCUT2D eigenvalue weighted by molar-refractivity contribution is -0.384. The minimum Gasteiger partial charge on any atom is -0.330 e. The van der Waals surface area contributed by atoms with Gasteiger partial charge in [0, 0.05) is 31.0 Å². The van der Waals surface area contributed by atoms with Crippen molar-refractivity contribution in [2.75, 3.05) is 18.0 Å². The monoisotopic (exact) mass is 548 g/mol. The fraction of sp³-hybridized carbons (Fsp3) is 0.212.